The van der Waals surface area contributed by atoms with Crippen LogP contribution in [0.15, 0.2) is 11.4 Å². The van der Waals surface area contributed by atoms with Gasteiger partial charge in [0.2, 0.25) is 0 Å². The van der Waals surface area contributed by atoms with Crippen LogP contribution in [0.5, 0.6) is 0 Å². The molecule has 0 bridgehead atoms. The highest BCUT2D eigenvalue weighted by molar-refractivity contribution is 7.10. The standard InChI is InChI=1S/C14H24N2OS/c1-3-17-12(10-15)4-7-16-8-5-14-13(11(16)2)6-9-18-14/h6,9,11-12H,3-5,7-8,10,15H2,1-2H3. The molecule has 2 atom stereocenters. The molecule has 2 N–H and O–H groups in total. The Morgan fingerprint density at radius 2 is 2.44 bits per heavy atom. The quantitative estimate of drug-likeness (QED) is 0.861. The first-order valence-corrected chi connectivity index (χ1v) is 7.76. The summed E-state index contributed by atoms with van der Waals surface area (Å²) in [6, 6.07) is 2.82. The van der Waals surface area contributed by atoms with Gasteiger partial charge in [-0.3, -0.25) is 4.90 Å². The summed E-state index contributed by atoms with van der Waals surface area (Å²) in [7, 11) is 0. The van der Waals surface area contributed by atoms with Crippen LogP contribution in [-0.2, 0) is 11.2 Å². The molecule has 0 amide bonds. The molecule has 18 heavy (non-hydrogen) atoms. The Bertz CT molecular complexity index is 366. The molecule has 1 aliphatic heterocycles. The summed E-state index contributed by atoms with van der Waals surface area (Å²) in [5.41, 5.74) is 7.25. The van der Waals surface area contributed by atoms with Crippen molar-refractivity contribution in [2.45, 2.75) is 38.8 Å². The second-order valence-corrected chi connectivity index (χ2v) is 5.86. The summed E-state index contributed by atoms with van der Waals surface area (Å²) in [5.74, 6) is 0. The fraction of sp³-hybridized carbons (Fsp3) is 0.714. The van der Waals surface area contributed by atoms with Gasteiger partial charge >= 0.3 is 0 Å². The van der Waals surface area contributed by atoms with E-state index in [2.05, 4.69) is 23.3 Å². The van der Waals surface area contributed by atoms with Crippen LogP contribution in [0.25, 0.3) is 0 Å². The van der Waals surface area contributed by atoms with Crippen molar-refractivity contribution in [3.8, 4) is 0 Å². The van der Waals surface area contributed by atoms with Gasteiger partial charge in [-0.1, -0.05) is 0 Å². The molecule has 0 aromatic carbocycles. The van der Waals surface area contributed by atoms with Crippen LogP contribution in [0, 0.1) is 0 Å². The van der Waals surface area contributed by atoms with Crippen molar-refractivity contribution in [2.24, 2.45) is 5.73 Å². The van der Waals surface area contributed by atoms with Crippen LogP contribution in [-0.4, -0.2) is 37.2 Å². The molecule has 2 heterocycles. The first-order valence-electron chi connectivity index (χ1n) is 6.88. The number of fused-ring (bicyclic) bond motifs is 1. The Kier molecular flexibility index (Phi) is 5.18. The highest BCUT2D eigenvalue weighted by Crippen LogP contribution is 2.32. The summed E-state index contributed by atoms with van der Waals surface area (Å²) in [6.07, 6.45) is 2.44. The predicted molar refractivity (Wildman–Crippen MR) is 77.1 cm³/mol. The van der Waals surface area contributed by atoms with Gasteiger partial charge in [0.15, 0.2) is 0 Å². The second kappa shape index (κ2) is 6.66. The Morgan fingerprint density at radius 3 is 3.17 bits per heavy atom. The molecular formula is C14H24N2OS. The Labute approximate surface area is 114 Å². The lowest BCUT2D eigenvalue weighted by atomic mass is 10.0. The number of hydrogen-bond acceptors (Lipinski definition) is 4. The molecule has 1 aromatic heterocycles. The predicted octanol–water partition coefficient (Wildman–Crippen LogP) is 2.42. The van der Waals surface area contributed by atoms with Crippen LogP contribution in [0.1, 0.15) is 36.8 Å². The molecule has 2 rings (SSSR count). The van der Waals surface area contributed by atoms with Gasteiger partial charge in [0.25, 0.3) is 0 Å². The third kappa shape index (κ3) is 3.12. The number of rotatable bonds is 6. The zero-order valence-corrected chi connectivity index (χ0v) is 12.2. The van der Waals surface area contributed by atoms with Crippen LogP contribution in [0.4, 0.5) is 0 Å². The van der Waals surface area contributed by atoms with Crippen molar-refractivity contribution < 1.29 is 4.74 Å². The topological polar surface area (TPSA) is 38.5 Å². The third-order valence-electron chi connectivity index (χ3n) is 3.81. The minimum Gasteiger partial charge on any atom is -0.377 e. The molecule has 3 nitrogen and oxygen atoms in total. The molecule has 0 fully saturated rings. The van der Waals surface area contributed by atoms with Gasteiger partial charge in [0.1, 0.15) is 0 Å². The van der Waals surface area contributed by atoms with Gasteiger partial charge in [0.05, 0.1) is 6.10 Å². The molecule has 1 aromatic rings. The van der Waals surface area contributed by atoms with Gasteiger partial charge in [-0.2, -0.15) is 0 Å². The Morgan fingerprint density at radius 1 is 1.61 bits per heavy atom. The van der Waals surface area contributed by atoms with Crippen LogP contribution >= 0.6 is 11.3 Å². The average Bonchev–Trinajstić information content (AvgIpc) is 2.85. The number of nitrogens with zero attached hydrogens (tertiary/aromatic N) is 1. The summed E-state index contributed by atoms with van der Waals surface area (Å²) < 4.78 is 5.62. The molecule has 0 spiro atoms. The Balaban J connectivity index is 1.88. The molecule has 0 aliphatic carbocycles. The van der Waals surface area contributed by atoms with Crippen molar-refractivity contribution in [1.82, 2.24) is 4.90 Å². The number of nitrogens with two attached hydrogens (primary N) is 1. The fourth-order valence-corrected chi connectivity index (χ4v) is 3.64. The van der Waals surface area contributed by atoms with Crippen molar-refractivity contribution in [3.05, 3.63) is 21.9 Å². The molecule has 1 aliphatic rings. The lowest BCUT2D eigenvalue weighted by molar-refractivity contribution is 0.0496. The summed E-state index contributed by atoms with van der Waals surface area (Å²) in [5, 5.41) is 2.22. The SMILES string of the molecule is CCOC(CN)CCN1CCc2sccc2C1C. The van der Waals surface area contributed by atoms with Crippen molar-refractivity contribution >= 4 is 11.3 Å². The molecule has 4 heteroatoms. The minimum absolute atomic E-state index is 0.214. The smallest absolute Gasteiger partial charge is 0.0709 e. The zero-order valence-electron chi connectivity index (χ0n) is 11.4. The van der Waals surface area contributed by atoms with Crippen molar-refractivity contribution in [2.75, 3.05) is 26.2 Å². The van der Waals surface area contributed by atoms with Crippen LogP contribution in [0.2, 0.25) is 0 Å². The number of ether oxygens (including phenoxy) is 1. The van der Waals surface area contributed by atoms with E-state index in [0.717, 1.165) is 26.1 Å². The normalized spacial score (nSPS) is 21.8. The highest BCUT2D eigenvalue weighted by atomic mass is 32.1. The number of hydrogen-bond donors (Lipinski definition) is 1. The van der Waals surface area contributed by atoms with E-state index >= 15 is 0 Å². The van der Waals surface area contributed by atoms with E-state index < -0.39 is 0 Å². The monoisotopic (exact) mass is 268 g/mol. The minimum atomic E-state index is 0.214. The lowest BCUT2D eigenvalue weighted by Gasteiger charge is -2.34. The molecule has 102 valence electrons. The molecule has 2 unspecified atom stereocenters. The molecule has 0 radical (unpaired) electrons. The fourth-order valence-electron chi connectivity index (χ4n) is 2.68. The molecular weight excluding hydrogens is 244 g/mol. The third-order valence-corrected chi connectivity index (χ3v) is 4.80. The van der Waals surface area contributed by atoms with Gasteiger partial charge < -0.3 is 10.5 Å². The van der Waals surface area contributed by atoms with E-state index in [1.165, 1.54) is 12.0 Å². The second-order valence-electron chi connectivity index (χ2n) is 4.86. The first-order chi connectivity index (χ1) is 8.76. The first kappa shape index (κ1) is 14.0. The van der Waals surface area contributed by atoms with E-state index in [9.17, 15) is 0 Å². The summed E-state index contributed by atoms with van der Waals surface area (Å²) in [4.78, 5) is 4.12. The summed E-state index contributed by atoms with van der Waals surface area (Å²) >= 11 is 1.90. The maximum atomic E-state index is 5.73. The van der Waals surface area contributed by atoms with Gasteiger partial charge in [-0.05, 0) is 43.7 Å². The lowest BCUT2D eigenvalue weighted by Crippen LogP contribution is -2.37. The maximum absolute atomic E-state index is 5.73. The van der Waals surface area contributed by atoms with E-state index in [-0.39, 0.29) is 6.10 Å². The van der Waals surface area contributed by atoms with Gasteiger partial charge in [-0.25, -0.2) is 0 Å². The Hall–Kier alpha value is -0.420. The molecule has 0 saturated heterocycles. The van der Waals surface area contributed by atoms with E-state index in [1.54, 1.807) is 4.88 Å². The zero-order chi connectivity index (χ0) is 13.0. The largest absolute Gasteiger partial charge is 0.377 e. The van der Waals surface area contributed by atoms with Gasteiger partial charge in [0, 0.05) is 37.2 Å². The van der Waals surface area contributed by atoms with Crippen molar-refractivity contribution in [1.29, 1.82) is 0 Å². The maximum Gasteiger partial charge on any atom is 0.0709 e. The van der Waals surface area contributed by atoms with Crippen LogP contribution in [0.3, 0.4) is 0 Å². The number of thiophene rings is 1. The van der Waals surface area contributed by atoms with Gasteiger partial charge in [-0.15, -0.1) is 11.3 Å². The molecule has 0 saturated carbocycles. The van der Waals surface area contributed by atoms with E-state index in [0.29, 0.717) is 12.6 Å². The highest BCUT2D eigenvalue weighted by Gasteiger charge is 2.24. The van der Waals surface area contributed by atoms with Crippen molar-refractivity contribution in [3.63, 3.8) is 0 Å². The average molecular weight is 268 g/mol. The van der Waals surface area contributed by atoms with E-state index in [1.807, 2.05) is 18.3 Å². The summed E-state index contributed by atoms with van der Waals surface area (Å²) in [6.45, 7) is 7.97. The van der Waals surface area contributed by atoms with Crippen LogP contribution < -0.4 is 5.73 Å². The van der Waals surface area contributed by atoms with E-state index in [4.69, 9.17) is 10.5 Å².